The van der Waals surface area contributed by atoms with Gasteiger partial charge in [-0.2, -0.15) is 0 Å². The van der Waals surface area contributed by atoms with Crippen LogP contribution in [0.15, 0.2) is 12.3 Å². The number of ether oxygens (including phenoxy) is 1. The predicted molar refractivity (Wildman–Crippen MR) is 46.6 cm³/mol. The molecular formula is C8H13N3O. The molecule has 1 aromatic heterocycles. The van der Waals surface area contributed by atoms with Crippen LogP contribution >= 0.6 is 0 Å². The van der Waals surface area contributed by atoms with Gasteiger partial charge in [0, 0.05) is 19.7 Å². The summed E-state index contributed by atoms with van der Waals surface area (Å²) in [6.07, 6.45) is 2.48. The second-order valence-electron chi connectivity index (χ2n) is 2.65. The molecule has 0 fully saturated rings. The fraction of sp³-hybridized carbons (Fsp3) is 0.500. The molecule has 0 aliphatic carbocycles. The Morgan fingerprint density at radius 2 is 2.42 bits per heavy atom. The van der Waals surface area contributed by atoms with Gasteiger partial charge in [0.2, 0.25) is 0 Å². The number of anilines is 1. The number of methoxy groups -OCH3 is 1. The predicted octanol–water partition coefficient (Wildman–Crippen LogP) is 0.636. The minimum Gasteiger partial charge on any atom is -0.384 e. The number of hydrogen-bond acceptors (Lipinski definition) is 4. The van der Waals surface area contributed by atoms with E-state index in [1.54, 1.807) is 19.4 Å². The third-order valence-electron chi connectivity index (χ3n) is 1.60. The molecular weight excluding hydrogens is 154 g/mol. The summed E-state index contributed by atoms with van der Waals surface area (Å²) in [4.78, 5) is 8.10. The zero-order valence-electron chi connectivity index (χ0n) is 7.32. The highest BCUT2D eigenvalue weighted by Crippen LogP contribution is 2.01. The molecule has 1 unspecified atom stereocenters. The van der Waals surface area contributed by atoms with E-state index in [0.717, 1.165) is 5.82 Å². The van der Waals surface area contributed by atoms with Crippen LogP contribution in [0.4, 0.5) is 5.82 Å². The minimum atomic E-state index is 0.131. The van der Waals surface area contributed by atoms with Crippen LogP contribution in [0.3, 0.4) is 0 Å². The molecule has 1 aromatic rings. The van der Waals surface area contributed by atoms with E-state index in [1.807, 2.05) is 6.92 Å². The van der Waals surface area contributed by atoms with Crippen molar-refractivity contribution in [2.24, 2.45) is 0 Å². The summed E-state index contributed by atoms with van der Waals surface area (Å²) in [6.45, 7) is 1.96. The molecule has 2 N–H and O–H groups in total. The van der Waals surface area contributed by atoms with E-state index in [0.29, 0.717) is 12.2 Å². The van der Waals surface area contributed by atoms with E-state index >= 15 is 0 Å². The van der Waals surface area contributed by atoms with Gasteiger partial charge in [0.05, 0.1) is 6.10 Å². The molecule has 0 aromatic carbocycles. The average Bonchev–Trinajstić information content (AvgIpc) is 2.04. The molecule has 1 rings (SSSR count). The van der Waals surface area contributed by atoms with Gasteiger partial charge in [-0.1, -0.05) is 0 Å². The lowest BCUT2D eigenvalue weighted by Gasteiger charge is -2.07. The SMILES string of the molecule is COC(C)Cc1nccc(N)n1. The highest BCUT2D eigenvalue weighted by molar-refractivity contribution is 5.25. The first-order valence-electron chi connectivity index (χ1n) is 3.82. The molecule has 0 bridgehead atoms. The van der Waals surface area contributed by atoms with Crippen molar-refractivity contribution in [1.82, 2.24) is 9.97 Å². The normalized spacial score (nSPS) is 12.8. The summed E-state index contributed by atoms with van der Waals surface area (Å²) in [5, 5.41) is 0. The molecule has 1 atom stereocenters. The Hall–Kier alpha value is -1.16. The van der Waals surface area contributed by atoms with Gasteiger partial charge in [-0.05, 0) is 13.0 Å². The summed E-state index contributed by atoms with van der Waals surface area (Å²) in [5.74, 6) is 1.23. The van der Waals surface area contributed by atoms with Crippen molar-refractivity contribution in [2.45, 2.75) is 19.4 Å². The Balaban J connectivity index is 2.63. The molecule has 0 saturated carbocycles. The van der Waals surface area contributed by atoms with Crippen LogP contribution in [0.25, 0.3) is 0 Å². The second kappa shape index (κ2) is 4.01. The maximum atomic E-state index is 5.48. The first-order chi connectivity index (χ1) is 5.72. The lowest BCUT2D eigenvalue weighted by Crippen LogP contribution is -2.11. The molecule has 4 heteroatoms. The van der Waals surface area contributed by atoms with E-state index in [9.17, 15) is 0 Å². The Kier molecular flexibility index (Phi) is 2.99. The lowest BCUT2D eigenvalue weighted by atomic mass is 10.3. The zero-order valence-corrected chi connectivity index (χ0v) is 7.32. The van der Waals surface area contributed by atoms with E-state index in [-0.39, 0.29) is 6.10 Å². The molecule has 0 saturated heterocycles. The fourth-order valence-corrected chi connectivity index (χ4v) is 0.854. The zero-order chi connectivity index (χ0) is 8.97. The molecule has 0 amide bonds. The van der Waals surface area contributed by atoms with Gasteiger partial charge in [-0.25, -0.2) is 9.97 Å². The van der Waals surface area contributed by atoms with Crippen molar-refractivity contribution >= 4 is 5.82 Å². The van der Waals surface area contributed by atoms with Gasteiger partial charge in [-0.15, -0.1) is 0 Å². The number of rotatable bonds is 3. The van der Waals surface area contributed by atoms with E-state index in [4.69, 9.17) is 10.5 Å². The molecule has 1 heterocycles. The molecule has 12 heavy (non-hydrogen) atoms. The Labute approximate surface area is 71.8 Å². The molecule has 0 aliphatic rings. The summed E-state index contributed by atoms with van der Waals surface area (Å²) in [7, 11) is 1.66. The van der Waals surface area contributed by atoms with E-state index < -0.39 is 0 Å². The first kappa shape index (κ1) is 8.93. The van der Waals surface area contributed by atoms with Gasteiger partial charge in [0.25, 0.3) is 0 Å². The number of nitrogens with two attached hydrogens (primary N) is 1. The van der Waals surface area contributed by atoms with Crippen LogP contribution < -0.4 is 5.73 Å². The maximum absolute atomic E-state index is 5.48. The van der Waals surface area contributed by atoms with Crippen LogP contribution in [0, 0.1) is 0 Å². The van der Waals surface area contributed by atoms with Crippen LogP contribution in [0.5, 0.6) is 0 Å². The minimum absolute atomic E-state index is 0.131. The van der Waals surface area contributed by atoms with Gasteiger partial charge in [0.15, 0.2) is 0 Å². The quantitative estimate of drug-likeness (QED) is 0.717. The van der Waals surface area contributed by atoms with Crippen LogP contribution in [-0.4, -0.2) is 23.2 Å². The second-order valence-corrected chi connectivity index (χ2v) is 2.65. The number of nitrogens with zero attached hydrogens (tertiary/aromatic N) is 2. The monoisotopic (exact) mass is 167 g/mol. The van der Waals surface area contributed by atoms with Crippen molar-refractivity contribution < 1.29 is 4.74 Å². The topological polar surface area (TPSA) is 61.0 Å². The maximum Gasteiger partial charge on any atom is 0.133 e. The Morgan fingerprint density at radius 3 is 3.00 bits per heavy atom. The van der Waals surface area contributed by atoms with E-state index in [1.165, 1.54) is 0 Å². The highest BCUT2D eigenvalue weighted by atomic mass is 16.5. The molecule has 0 spiro atoms. The van der Waals surface area contributed by atoms with Gasteiger partial charge in [-0.3, -0.25) is 0 Å². The first-order valence-corrected chi connectivity index (χ1v) is 3.82. The summed E-state index contributed by atoms with van der Waals surface area (Å²) in [6, 6.07) is 1.67. The molecule has 66 valence electrons. The smallest absolute Gasteiger partial charge is 0.133 e. The highest BCUT2D eigenvalue weighted by Gasteiger charge is 2.03. The fourth-order valence-electron chi connectivity index (χ4n) is 0.854. The van der Waals surface area contributed by atoms with E-state index in [2.05, 4.69) is 9.97 Å². The van der Waals surface area contributed by atoms with Crippen molar-refractivity contribution in [2.75, 3.05) is 12.8 Å². The van der Waals surface area contributed by atoms with Crippen LogP contribution in [-0.2, 0) is 11.2 Å². The van der Waals surface area contributed by atoms with Crippen molar-refractivity contribution in [1.29, 1.82) is 0 Å². The van der Waals surface area contributed by atoms with Gasteiger partial charge < -0.3 is 10.5 Å². The number of hydrogen-bond donors (Lipinski definition) is 1. The lowest BCUT2D eigenvalue weighted by molar-refractivity contribution is 0.117. The molecule has 0 radical (unpaired) electrons. The third-order valence-corrected chi connectivity index (χ3v) is 1.60. The Bertz CT molecular complexity index is 252. The van der Waals surface area contributed by atoms with Crippen molar-refractivity contribution in [3.63, 3.8) is 0 Å². The Morgan fingerprint density at radius 1 is 1.67 bits per heavy atom. The molecule has 4 nitrogen and oxygen atoms in total. The molecule has 0 aliphatic heterocycles. The van der Waals surface area contributed by atoms with Crippen LogP contribution in [0.1, 0.15) is 12.7 Å². The summed E-state index contributed by atoms with van der Waals surface area (Å²) < 4.78 is 5.07. The van der Waals surface area contributed by atoms with Crippen molar-refractivity contribution in [3.05, 3.63) is 18.1 Å². The third kappa shape index (κ3) is 2.47. The number of aromatic nitrogens is 2. The average molecular weight is 167 g/mol. The van der Waals surface area contributed by atoms with Crippen LogP contribution in [0.2, 0.25) is 0 Å². The standard InChI is InChI=1S/C8H13N3O/c1-6(12-2)5-8-10-4-3-7(9)11-8/h3-4,6H,5H2,1-2H3,(H2,9,10,11). The largest absolute Gasteiger partial charge is 0.384 e. The number of nitrogen functional groups attached to an aromatic ring is 1. The van der Waals surface area contributed by atoms with Crippen molar-refractivity contribution in [3.8, 4) is 0 Å². The van der Waals surface area contributed by atoms with Gasteiger partial charge >= 0.3 is 0 Å². The summed E-state index contributed by atoms with van der Waals surface area (Å²) >= 11 is 0. The van der Waals surface area contributed by atoms with Gasteiger partial charge in [0.1, 0.15) is 11.6 Å². The summed E-state index contributed by atoms with van der Waals surface area (Å²) in [5.41, 5.74) is 5.48.